The molecule has 0 spiro atoms. The van der Waals surface area contributed by atoms with E-state index in [4.69, 9.17) is 8.83 Å². The van der Waals surface area contributed by atoms with Crippen LogP contribution >= 0.6 is 0 Å². The van der Waals surface area contributed by atoms with Crippen molar-refractivity contribution >= 4 is 5.91 Å². The third-order valence-electron chi connectivity index (χ3n) is 4.46. The molecule has 1 amide bonds. The number of carbonyl (C=O) groups is 1. The fourth-order valence-electron chi connectivity index (χ4n) is 3.24. The molecule has 0 radical (unpaired) electrons. The summed E-state index contributed by atoms with van der Waals surface area (Å²) < 4.78 is 11.4. The summed E-state index contributed by atoms with van der Waals surface area (Å²) in [5.41, 5.74) is 0.619. The number of nitrogens with zero attached hydrogens (tertiary/aromatic N) is 3. The number of aromatic nitrogens is 2. The number of aryl methyl sites for hydroxylation is 1. The zero-order valence-corrected chi connectivity index (χ0v) is 13.6. The van der Waals surface area contributed by atoms with Gasteiger partial charge in [-0.25, -0.2) is 4.79 Å². The van der Waals surface area contributed by atoms with Crippen LogP contribution in [0.25, 0.3) is 11.5 Å². The van der Waals surface area contributed by atoms with Crippen molar-refractivity contribution in [3.8, 4) is 11.5 Å². The Morgan fingerprint density at radius 3 is 2.65 bits per heavy atom. The molecule has 2 aromatic rings. The molecule has 1 aliphatic rings. The van der Waals surface area contributed by atoms with Gasteiger partial charge in [-0.1, -0.05) is 0 Å². The summed E-state index contributed by atoms with van der Waals surface area (Å²) in [6.07, 6.45) is 4.61. The molecule has 0 aliphatic carbocycles. The van der Waals surface area contributed by atoms with Gasteiger partial charge in [0.2, 0.25) is 5.91 Å². The van der Waals surface area contributed by atoms with Crippen LogP contribution in [0.5, 0.6) is 0 Å². The molecule has 3 rings (SSSR count). The molecule has 23 heavy (non-hydrogen) atoms. The summed E-state index contributed by atoms with van der Waals surface area (Å²) in [6, 6.07) is 2.05. The minimum Gasteiger partial charge on any atom is -0.469 e. The maximum Gasteiger partial charge on any atom is 0.437 e. The number of amides is 1. The Kier molecular flexibility index (Phi) is 4.11. The Morgan fingerprint density at radius 1 is 1.35 bits per heavy atom. The van der Waals surface area contributed by atoms with Crippen LogP contribution in [-0.2, 0) is 11.3 Å². The van der Waals surface area contributed by atoms with Gasteiger partial charge in [0.15, 0.2) is 0 Å². The van der Waals surface area contributed by atoms with Crippen LogP contribution in [0.3, 0.4) is 0 Å². The third kappa shape index (κ3) is 2.95. The average molecular weight is 319 g/mol. The van der Waals surface area contributed by atoms with Crippen molar-refractivity contribution in [2.45, 2.75) is 58.7 Å². The Morgan fingerprint density at radius 2 is 2.04 bits per heavy atom. The molecule has 124 valence electrons. The lowest BCUT2D eigenvalue weighted by Crippen LogP contribution is -2.49. The molecule has 1 fully saturated rings. The number of rotatable bonds is 3. The number of likely N-dealkylation sites (tertiary alicyclic amines) is 1. The summed E-state index contributed by atoms with van der Waals surface area (Å²) in [6.45, 7) is 5.74. The first kappa shape index (κ1) is 15.6. The van der Waals surface area contributed by atoms with Gasteiger partial charge in [0.05, 0.1) is 11.8 Å². The third-order valence-corrected chi connectivity index (χ3v) is 4.46. The second-order valence-corrected chi connectivity index (χ2v) is 6.15. The molecule has 0 bridgehead atoms. The topological polar surface area (TPSA) is 81.5 Å². The summed E-state index contributed by atoms with van der Waals surface area (Å²) in [5, 5.41) is 4.13. The quantitative estimate of drug-likeness (QED) is 0.866. The minimum atomic E-state index is -0.633. The predicted molar refractivity (Wildman–Crippen MR) is 82.8 cm³/mol. The standard InChI is InChI=1S/C16H21N3O4/c1-10-5-4-6-11(2)19(10)14(20)9-18-16(21)23-15(17-18)13-7-8-22-12(13)3/h7-8,10-11H,4-6,9H2,1-3H3. The smallest absolute Gasteiger partial charge is 0.437 e. The van der Waals surface area contributed by atoms with Gasteiger partial charge in [-0.15, -0.1) is 5.10 Å². The van der Waals surface area contributed by atoms with Gasteiger partial charge in [0.25, 0.3) is 5.89 Å². The van der Waals surface area contributed by atoms with Crippen molar-refractivity contribution in [1.29, 1.82) is 0 Å². The van der Waals surface area contributed by atoms with E-state index < -0.39 is 5.76 Å². The zero-order chi connectivity index (χ0) is 16.6. The molecule has 2 aromatic heterocycles. The molecule has 0 N–H and O–H groups in total. The molecular formula is C16H21N3O4. The summed E-state index contributed by atoms with van der Waals surface area (Å²) in [7, 11) is 0. The molecule has 0 aromatic carbocycles. The van der Waals surface area contributed by atoms with Crippen LogP contribution in [0.4, 0.5) is 0 Å². The predicted octanol–water partition coefficient (Wildman–Crippen LogP) is 2.19. The largest absolute Gasteiger partial charge is 0.469 e. The zero-order valence-electron chi connectivity index (χ0n) is 13.6. The number of piperidine rings is 1. The van der Waals surface area contributed by atoms with E-state index >= 15 is 0 Å². The van der Waals surface area contributed by atoms with Crippen molar-refractivity contribution in [2.75, 3.05) is 0 Å². The lowest BCUT2D eigenvalue weighted by atomic mass is 9.97. The fraction of sp³-hybridized carbons (Fsp3) is 0.562. The number of hydrogen-bond donors (Lipinski definition) is 0. The Bertz CT molecular complexity index is 747. The van der Waals surface area contributed by atoms with E-state index in [9.17, 15) is 9.59 Å². The second-order valence-electron chi connectivity index (χ2n) is 6.15. The molecule has 3 heterocycles. The van der Waals surface area contributed by atoms with E-state index in [1.165, 1.54) is 6.26 Å². The number of furan rings is 1. The molecule has 2 atom stereocenters. The first-order valence-electron chi connectivity index (χ1n) is 7.91. The van der Waals surface area contributed by atoms with Gasteiger partial charge < -0.3 is 13.7 Å². The first-order valence-corrected chi connectivity index (χ1v) is 7.91. The van der Waals surface area contributed by atoms with E-state index in [0.29, 0.717) is 11.3 Å². The van der Waals surface area contributed by atoms with Crippen molar-refractivity contribution < 1.29 is 13.6 Å². The van der Waals surface area contributed by atoms with Crippen molar-refractivity contribution in [2.24, 2.45) is 0 Å². The van der Waals surface area contributed by atoms with Crippen molar-refractivity contribution in [1.82, 2.24) is 14.7 Å². The van der Waals surface area contributed by atoms with Gasteiger partial charge in [-0.05, 0) is 46.1 Å². The highest BCUT2D eigenvalue weighted by molar-refractivity contribution is 5.76. The van der Waals surface area contributed by atoms with E-state index in [2.05, 4.69) is 5.10 Å². The highest BCUT2D eigenvalue weighted by Gasteiger charge is 2.29. The highest BCUT2D eigenvalue weighted by Crippen LogP contribution is 2.23. The van der Waals surface area contributed by atoms with Crippen molar-refractivity contribution in [3.63, 3.8) is 0 Å². The monoisotopic (exact) mass is 319 g/mol. The van der Waals surface area contributed by atoms with Crippen LogP contribution in [-0.4, -0.2) is 32.7 Å². The lowest BCUT2D eigenvalue weighted by Gasteiger charge is -2.38. The lowest BCUT2D eigenvalue weighted by molar-refractivity contribution is -0.138. The Balaban J connectivity index is 1.80. The summed E-state index contributed by atoms with van der Waals surface area (Å²) >= 11 is 0. The minimum absolute atomic E-state index is 0.101. The maximum atomic E-state index is 12.6. The van der Waals surface area contributed by atoms with Gasteiger partial charge >= 0.3 is 5.76 Å². The van der Waals surface area contributed by atoms with E-state index in [-0.39, 0.29) is 30.4 Å². The molecule has 1 saturated heterocycles. The van der Waals surface area contributed by atoms with E-state index in [1.54, 1.807) is 13.0 Å². The average Bonchev–Trinajstić information content (AvgIpc) is 3.05. The number of carbonyl (C=O) groups excluding carboxylic acids is 1. The molecule has 2 unspecified atom stereocenters. The van der Waals surface area contributed by atoms with Crippen LogP contribution in [0.2, 0.25) is 0 Å². The van der Waals surface area contributed by atoms with Gasteiger partial charge in [0.1, 0.15) is 12.3 Å². The van der Waals surface area contributed by atoms with Crippen molar-refractivity contribution in [3.05, 3.63) is 28.6 Å². The molecule has 7 heteroatoms. The molecule has 0 saturated carbocycles. The fourth-order valence-corrected chi connectivity index (χ4v) is 3.24. The Labute approximate surface area is 133 Å². The van der Waals surface area contributed by atoms with Crippen LogP contribution in [0.1, 0.15) is 38.9 Å². The van der Waals surface area contributed by atoms with Gasteiger partial charge in [0, 0.05) is 12.1 Å². The van der Waals surface area contributed by atoms with E-state index in [0.717, 1.165) is 23.9 Å². The summed E-state index contributed by atoms with van der Waals surface area (Å²) in [5.74, 6) is 0.0543. The molecule has 1 aliphatic heterocycles. The molecule has 7 nitrogen and oxygen atoms in total. The van der Waals surface area contributed by atoms with Crippen LogP contribution in [0.15, 0.2) is 26.0 Å². The highest BCUT2D eigenvalue weighted by atomic mass is 16.4. The molecular weight excluding hydrogens is 298 g/mol. The first-order chi connectivity index (χ1) is 11.0. The van der Waals surface area contributed by atoms with Gasteiger partial charge in [-0.2, -0.15) is 4.68 Å². The Hall–Kier alpha value is -2.31. The maximum absolute atomic E-state index is 12.6. The van der Waals surface area contributed by atoms with Crippen LogP contribution in [0, 0.1) is 6.92 Å². The summed E-state index contributed by atoms with van der Waals surface area (Å²) in [4.78, 5) is 26.4. The normalized spacial score (nSPS) is 21.6. The number of hydrogen-bond acceptors (Lipinski definition) is 5. The SMILES string of the molecule is Cc1occc1-c1nn(CC(=O)N2C(C)CCCC2C)c(=O)o1. The van der Waals surface area contributed by atoms with Gasteiger partial charge in [-0.3, -0.25) is 4.79 Å². The van der Waals surface area contributed by atoms with Crippen LogP contribution < -0.4 is 5.76 Å². The second kappa shape index (κ2) is 6.06. The van der Waals surface area contributed by atoms with E-state index in [1.807, 2.05) is 18.7 Å².